The fourth-order valence-corrected chi connectivity index (χ4v) is 2.84. The van der Waals surface area contributed by atoms with Crippen LogP contribution < -0.4 is 10.6 Å². The molecule has 2 atom stereocenters. The van der Waals surface area contributed by atoms with Crippen LogP contribution in [0, 0.1) is 11.8 Å². The molecule has 1 heterocycles. The SMILES string of the molecule is O=C(NCC1CCOCC1)NC1CCCC1C(=O)O. The number of aliphatic carboxylic acids is 1. The Kier molecular flexibility index (Phi) is 5.01. The van der Waals surface area contributed by atoms with Crippen molar-refractivity contribution in [3.05, 3.63) is 0 Å². The number of amides is 2. The maximum Gasteiger partial charge on any atom is 0.315 e. The van der Waals surface area contributed by atoms with E-state index in [1.54, 1.807) is 0 Å². The Morgan fingerprint density at radius 2 is 1.89 bits per heavy atom. The van der Waals surface area contributed by atoms with Gasteiger partial charge in [-0.05, 0) is 31.6 Å². The molecule has 3 N–H and O–H groups in total. The zero-order chi connectivity index (χ0) is 13.7. The second-order valence-electron chi connectivity index (χ2n) is 5.39. The van der Waals surface area contributed by atoms with E-state index in [-0.39, 0.29) is 12.1 Å². The molecular formula is C13H22N2O4. The second-order valence-corrected chi connectivity index (χ2v) is 5.39. The third kappa shape index (κ3) is 4.09. The quantitative estimate of drug-likeness (QED) is 0.710. The lowest BCUT2D eigenvalue weighted by atomic mass is 10.0. The number of carbonyl (C=O) groups is 2. The van der Waals surface area contributed by atoms with Gasteiger partial charge in [-0.15, -0.1) is 0 Å². The molecule has 2 unspecified atom stereocenters. The van der Waals surface area contributed by atoms with Crippen LogP contribution in [-0.2, 0) is 9.53 Å². The van der Waals surface area contributed by atoms with E-state index in [1.807, 2.05) is 0 Å². The van der Waals surface area contributed by atoms with E-state index in [9.17, 15) is 9.59 Å². The van der Waals surface area contributed by atoms with Gasteiger partial charge in [-0.2, -0.15) is 0 Å². The lowest BCUT2D eigenvalue weighted by Crippen LogP contribution is -2.46. The molecule has 2 amide bonds. The number of urea groups is 1. The number of carboxylic acids is 1. The van der Waals surface area contributed by atoms with Crippen molar-refractivity contribution in [2.45, 2.75) is 38.1 Å². The van der Waals surface area contributed by atoms with Gasteiger partial charge in [-0.1, -0.05) is 6.42 Å². The summed E-state index contributed by atoms with van der Waals surface area (Å²) in [4.78, 5) is 22.8. The molecule has 6 nitrogen and oxygen atoms in total. The Morgan fingerprint density at radius 3 is 2.58 bits per heavy atom. The molecule has 19 heavy (non-hydrogen) atoms. The highest BCUT2D eigenvalue weighted by molar-refractivity contribution is 5.77. The molecule has 0 aromatic heterocycles. The first kappa shape index (κ1) is 14.1. The van der Waals surface area contributed by atoms with Crippen LogP contribution in [0.5, 0.6) is 0 Å². The molecule has 2 rings (SSSR count). The molecule has 0 radical (unpaired) electrons. The number of rotatable bonds is 4. The van der Waals surface area contributed by atoms with Gasteiger partial charge in [0, 0.05) is 25.8 Å². The summed E-state index contributed by atoms with van der Waals surface area (Å²) in [5.41, 5.74) is 0. The third-order valence-corrected chi connectivity index (χ3v) is 4.04. The molecule has 2 aliphatic rings. The molecule has 1 saturated carbocycles. The minimum atomic E-state index is -0.813. The van der Waals surface area contributed by atoms with Crippen molar-refractivity contribution in [2.24, 2.45) is 11.8 Å². The maximum absolute atomic E-state index is 11.8. The van der Waals surface area contributed by atoms with Crippen molar-refractivity contribution in [1.82, 2.24) is 10.6 Å². The van der Waals surface area contributed by atoms with Crippen LogP contribution >= 0.6 is 0 Å². The van der Waals surface area contributed by atoms with Crippen molar-refractivity contribution < 1.29 is 19.4 Å². The van der Waals surface area contributed by atoms with E-state index in [0.29, 0.717) is 18.9 Å². The lowest BCUT2D eigenvalue weighted by Gasteiger charge is -2.23. The molecule has 1 aliphatic carbocycles. The maximum atomic E-state index is 11.8. The Labute approximate surface area is 112 Å². The van der Waals surface area contributed by atoms with Gasteiger partial charge < -0.3 is 20.5 Å². The van der Waals surface area contributed by atoms with E-state index in [1.165, 1.54) is 0 Å². The highest BCUT2D eigenvalue weighted by Gasteiger charge is 2.33. The molecule has 6 heteroatoms. The fourth-order valence-electron chi connectivity index (χ4n) is 2.84. The summed E-state index contributed by atoms with van der Waals surface area (Å²) >= 11 is 0. The number of nitrogens with one attached hydrogen (secondary N) is 2. The van der Waals surface area contributed by atoms with E-state index in [4.69, 9.17) is 9.84 Å². The average Bonchev–Trinajstić information content (AvgIpc) is 2.86. The van der Waals surface area contributed by atoms with Gasteiger partial charge in [-0.25, -0.2) is 4.79 Å². The monoisotopic (exact) mass is 270 g/mol. The normalized spacial score (nSPS) is 28.0. The Balaban J connectivity index is 1.70. The molecule has 0 aromatic rings. The summed E-state index contributed by atoms with van der Waals surface area (Å²) in [6, 6.07) is -0.475. The summed E-state index contributed by atoms with van der Waals surface area (Å²) in [7, 11) is 0. The van der Waals surface area contributed by atoms with Gasteiger partial charge >= 0.3 is 12.0 Å². The summed E-state index contributed by atoms with van der Waals surface area (Å²) in [5, 5.41) is 14.7. The average molecular weight is 270 g/mol. The number of carboxylic acid groups (broad SMARTS) is 1. The summed E-state index contributed by atoms with van der Waals surface area (Å²) in [5.74, 6) is -0.778. The van der Waals surface area contributed by atoms with Gasteiger partial charge in [0.25, 0.3) is 0 Å². The molecular weight excluding hydrogens is 248 g/mol. The highest BCUT2D eigenvalue weighted by atomic mass is 16.5. The smallest absolute Gasteiger partial charge is 0.315 e. The fraction of sp³-hybridized carbons (Fsp3) is 0.846. The van der Waals surface area contributed by atoms with E-state index < -0.39 is 11.9 Å². The zero-order valence-electron chi connectivity index (χ0n) is 11.1. The van der Waals surface area contributed by atoms with Crippen molar-refractivity contribution in [2.75, 3.05) is 19.8 Å². The van der Waals surface area contributed by atoms with Crippen LogP contribution in [0.2, 0.25) is 0 Å². The molecule has 108 valence electrons. The van der Waals surface area contributed by atoms with Crippen LogP contribution in [0.15, 0.2) is 0 Å². The molecule has 1 aliphatic heterocycles. The van der Waals surface area contributed by atoms with E-state index >= 15 is 0 Å². The Bertz CT molecular complexity index is 329. The summed E-state index contributed by atoms with van der Waals surface area (Å²) in [6.45, 7) is 2.16. The lowest BCUT2D eigenvalue weighted by molar-refractivity contribution is -0.142. The number of hydrogen-bond donors (Lipinski definition) is 3. The predicted octanol–water partition coefficient (Wildman–Crippen LogP) is 0.965. The van der Waals surface area contributed by atoms with Crippen molar-refractivity contribution in [3.8, 4) is 0 Å². The largest absolute Gasteiger partial charge is 0.481 e. The molecule has 0 aromatic carbocycles. The van der Waals surface area contributed by atoms with Gasteiger partial charge in [-0.3, -0.25) is 4.79 Å². The highest BCUT2D eigenvalue weighted by Crippen LogP contribution is 2.25. The standard InChI is InChI=1S/C13H22N2O4/c16-12(17)10-2-1-3-11(10)15-13(18)14-8-9-4-6-19-7-5-9/h9-11H,1-8H2,(H,16,17)(H2,14,15,18). The number of hydrogen-bond acceptors (Lipinski definition) is 3. The molecule has 1 saturated heterocycles. The molecule has 0 spiro atoms. The van der Waals surface area contributed by atoms with Crippen LogP contribution in [0.25, 0.3) is 0 Å². The first-order chi connectivity index (χ1) is 9.16. The van der Waals surface area contributed by atoms with Crippen molar-refractivity contribution >= 4 is 12.0 Å². The van der Waals surface area contributed by atoms with E-state index in [2.05, 4.69) is 10.6 Å². The van der Waals surface area contributed by atoms with Crippen molar-refractivity contribution in [1.29, 1.82) is 0 Å². The number of ether oxygens (including phenoxy) is 1. The van der Waals surface area contributed by atoms with Crippen molar-refractivity contribution in [3.63, 3.8) is 0 Å². The first-order valence-corrected chi connectivity index (χ1v) is 7.01. The van der Waals surface area contributed by atoms with Crippen LogP contribution in [0.4, 0.5) is 4.79 Å². The predicted molar refractivity (Wildman–Crippen MR) is 68.8 cm³/mol. The van der Waals surface area contributed by atoms with Crippen LogP contribution in [-0.4, -0.2) is 42.9 Å². The summed E-state index contributed by atoms with van der Waals surface area (Å²) in [6.07, 6.45) is 4.21. The number of carbonyl (C=O) groups excluding carboxylic acids is 1. The van der Waals surface area contributed by atoms with Gasteiger partial charge in [0.15, 0.2) is 0 Å². The minimum absolute atomic E-state index is 0.229. The topological polar surface area (TPSA) is 87.7 Å². The zero-order valence-corrected chi connectivity index (χ0v) is 11.1. The van der Waals surface area contributed by atoms with Crippen LogP contribution in [0.1, 0.15) is 32.1 Å². The van der Waals surface area contributed by atoms with Gasteiger partial charge in [0.2, 0.25) is 0 Å². The van der Waals surface area contributed by atoms with Gasteiger partial charge in [0.1, 0.15) is 0 Å². The molecule has 2 fully saturated rings. The minimum Gasteiger partial charge on any atom is -0.481 e. The Morgan fingerprint density at radius 1 is 1.16 bits per heavy atom. The molecule has 0 bridgehead atoms. The third-order valence-electron chi connectivity index (χ3n) is 4.04. The van der Waals surface area contributed by atoms with Crippen LogP contribution in [0.3, 0.4) is 0 Å². The van der Waals surface area contributed by atoms with E-state index in [0.717, 1.165) is 38.9 Å². The van der Waals surface area contributed by atoms with Gasteiger partial charge in [0.05, 0.1) is 5.92 Å². The first-order valence-electron chi connectivity index (χ1n) is 7.01. The summed E-state index contributed by atoms with van der Waals surface area (Å²) < 4.78 is 5.26. The Hall–Kier alpha value is -1.30. The second kappa shape index (κ2) is 6.75.